The van der Waals surface area contributed by atoms with Gasteiger partial charge in [0.05, 0.1) is 11.2 Å². The molecule has 0 bridgehead atoms. The average molecular weight is 470 g/mol. The van der Waals surface area contributed by atoms with Crippen LogP contribution in [0.25, 0.3) is 22.3 Å². The van der Waals surface area contributed by atoms with E-state index in [0.29, 0.717) is 16.4 Å². The highest BCUT2D eigenvalue weighted by atomic mass is 35.5. The van der Waals surface area contributed by atoms with Crippen LogP contribution < -0.4 is 5.43 Å². The third kappa shape index (κ3) is 4.72. The third-order valence-electron chi connectivity index (χ3n) is 5.26. The van der Waals surface area contributed by atoms with E-state index in [1.165, 1.54) is 10.4 Å². The maximum absolute atomic E-state index is 12.3. The van der Waals surface area contributed by atoms with Crippen molar-refractivity contribution in [3.8, 4) is 11.4 Å². The molecule has 5 rings (SSSR count). The van der Waals surface area contributed by atoms with Gasteiger partial charge in [-0.15, -0.1) is 10.2 Å². The lowest BCUT2D eigenvalue weighted by molar-refractivity contribution is -0.122. The average Bonchev–Trinajstić information content (AvgIpc) is 3.45. The van der Waals surface area contributed by atoms with E-state index in [-0.39, 0.29) is 12.5 Å². The molecule has 0 fully saturated rings. The molecule has 0 saturated heterocycles. The van der Waals surface area contributed by atoms with Gasteiger partial charge < -0.3 is 4.57 Å². The van der Waals surface area contributed by atoms with Crippen LogP contribution in [0.4, 0.5) is 0 Å². The molecule has 8 nitrogen and oxygen atoms in total. The number of amides is 1. The van der Waals surface area contributed by atoms with E-state index >= 15 is 0 Å². The summed E-state index contributed by atoms with van der Waals surface area (Å²) in [5.41, 5.74) is 6.39. The summed E-state index contributed by atoms with van der Waals surface area (Å²) in [5.74, 6) is -0.0134. The molecule has 5 aromatic rings. The summed E-state index contributed by atoms with van der Waals surface area (Å²) in [6.07, 6.45) is 3.67. The number of nitrogens with zero attached hydrogens (tertiary/aromatic N) is 6. The van der Waals surface area contributed by atoms with Gasteiger partial charge in [-0.1, -0.05) is 72.3 Å². The zero-order chi connectivity index (χ0) is 23.3. The molecule has 1 N–H and O–H groups in total. The monoisotopic (exact) mass is 469 g/mol. The van der Waals surface area contributed by atoms with E-state index in [0.717, 1.165) is 23.0 Å². The fraction of sp³-hybridized carbons (Fsp3) is 0.0800. The van der Waals surface area contributed by atoms with Gasteiger partial charge >= 0.3 is 0 Å². The van der Waals surface area contributed by atoms with Crippen LogP contribution in [-0.4, -0.2) is 36.9 Å². The highest BCUT2D eigenvalue weighted by molar-refractivity contribution is 6.33. The summed E-state index contributed by atoms with van der Waals surface area (Å²) in [4.78, 5) is 13.5. The predicted molar refractivity (Wildman–Crippen MR) is 131 cm³/mol. The number of fused-ring (bicyclic) bond motifs is 1. The number of nitrogens with one attached hydrogen (secondary N) is 1. The Morgan fingerprint density at radius 2 is 1.76 bits per heavy atom. The van der Waals surface area contributed by atoms with Crippen molar-refractivity contribution in [2.24, 2.45) is 5.10 Å². The summed E-state index contributed by atoms with van der Waals surface area (Å²) < 4.78 is 2.17. The van der Waals surface area contributed by atoms with Gasteiger partial charge in [-0.25, -0.2) is 5.43 Å². The molecular formula is C25H20ClN7O. The van der Waals surface area contributed by atoms with Gasteiger partial charge in [0.25, 0.3) is 5.91 Å². The van der Waals surface area contributed by atoms with Gasteiger partial charge in [-0.3, -0.25) is 4.79 Å². The number of halogens is 1. The number of rotatable bonds is 7. The molecule has 0 atom stereocenters. The van der Waals surface area contributed by atoms with Crippen molar-refractivity contribution in [1.29, 1.82) is 0 Å². The number of hydrogen-bond acceptors (Lipinski definition) is 5. The van der Waals surface area contributed by atoms with Crippen molar-refractivity contribution in [2.45, 2.75) is 13.1 Å². The Labute approximate surface area is 200 Å². The molecule has 9 heteroatoms. The van der Waals surface area contributed by atoms with E-state index in [1.54, 1.807) is 18.3 Å². The van der Waals surface area contributed by atoms with Crippen molar-refractivity contribution in [2.75, 3.05) is 0 Å². The molecule has 3 aromatic carbocycles. The van der Waals surface area contributed by atoms with Gasteiger partial charge in [0.15, 0.2) is 0 Å². The topological polar surface area (TPSA) is 90.0 Å². The van der Waals surface area contributed by atoms with Crippen molar-refractivity contribution in [1.82, 2.24) is 30.2 Å². The Hall–Kier alpha value is -4.30. The molecule has 0 aliphatic carbocycles. The molecule has 34 heavy (non-hydrogen) atoms. The van der Waals surface area contributed by atoms with E-state index in [2.05, 4.69) is 48.7 Å². The lowest BCUT2D eigenvalue weighted by Gasteiger charge is -2.05. The van der Waals surface area contributed by atoms with Crippen LogP contribution in [0.5, 0.6) is 0 Å². The summed E-state index contributed by atoms with van der Waals surface area (Å²) >= 11 is 6.17. The molecule has 0 radical (unpaired) electrons. The highest BCUT2D eigenvalue weighted by Gasteiger charge is 2.12. The first-order valence-electron chi connectivity index (χ1n) is 10.6. The number of hydrogen-bond donors (Lipinski definition) is 1. The van der Waals surface area contributed by atoms with Crippen molar-refractivity contribution in [3.63, 3.8) is 0 Å². The summed E-state index contributed by atoms with van der Waals surface area (Å²) in [6.45, 7) is 0.623. The maximum Gasteiger partial charge on any atom is 0.263 e. The number of para-hydroxylation sites is 1. The second kappa shape index (κ2) is 9.68. The second-order valence-corrected chi connectivity index (χ2v) is 8.04. The number of aromatic nitrogens is 5. The minimum Gasteiger partial charge on any atom is -0.342 e. The zero-order valence-corrected chi connectivity index (χ0v) is 18.8. The maximum atomic E-state index is 12.3. The summed E-state index contributed by atoms with van der Waals surface area (Å²) in [7, 11) is 0. The lowest BCUT2D eigenvalue weighted by atomic mass is 10.2. The summed E-state index contributed by atoms with van der Waals surface area (Å²) in [5, 5.41) is 17.8. The first-order valence-corrected chi connectivity index (χ1v) is 11.0. The Morgan fingerprint density at radius 1 is 1.00 bits per heavy atom. The standard InChI is InChI=1S/C25H20ClN7O/c26-22-12-6-4-11-21(22)25-29-31-33(30-25)17-24(34)28-27-14-19-16-32(15-18-8-2-1-3-9-18)23-13-7-5-10-20(19)23/h1-14,16H,15,17H2,(H,28,34). The Balaban J connectivity index is 1.27. The smallest absolute Gasteiger partial charge is 0.263 e. The fourth-order valence-corrected chi connectivity index (χ4v) is 3.91. The second-order valence-electron chi connectivity index (χ2n) is 7.63. The van der Waals surface area contributed by atoms with Crippen LogP contribution in [0.15, 0.2) is 90.2 Å². The number of hydrazone groups is 1. The van der Waals surface area contributed by atoms with Gasteiger partial charge in [0.2, 0.25) is 5.82 Å². The first-order chi connectivity index (χ1) is 16.7. The quantitative estimate of drug-likeness (QED) is 0.286. The molecule has 0 saturated carbocycles. The Morgan fingerprint density at radius 3 is 2.62 bits per heavy atom. The van der Waals surface area contributed by atoms with Crippen LogP contribution in [0.2, 0.25) is 5.02 Å². The van der Waals surface area contributed by atoms with E-state index < -0.39 is 0 Å². The van der Waals surface area contributed by atoms with Crippen LogP contribution in [0.1, 0.15) is 11.1 Å². The van der Waals surface area contributed by atoms with Gasteiger partial charge in [-0.2, -0.15) is 9.90 Å². The van der Waals surface area contributed by atoms with Crippen molar-refractivity contribution in [3.05, 3.63) is 101 Å². The Kier molecular flexibility index (Phi) is 6.13. The highest BCUT2D eigenvalue weighted by Crippen LogP contribution is 2.23. The molecule has 0 spiro atoms. The predicted octanol–water partition coefficient (Wildman–Crippen LogP) is 4.15. The third-order valence-corrected chi connectivity index (χ3v) is 5.59. The first kappa shape index (κ1) is 21.5. The van der Waals surface area contributed by atoms with Gasteiger partial charge in [-0.05, 0) is 29.0 Å². The van der Waals surface area contributed by atoms with Gasteiger partial charge in [0, 0.05) is 34.8 Å². The number of tetrazole rings is 1. The van der Waals surface area contributed by atoms with Crippen LogP contribution in [-0.2, 0) is 17.9 Å². The van der Waals surface area contributed by atoms with Crippen molar-refractivity contribution >= 4 is 34.6 Å². The van der Waals surface area contributed by atoms with E-state index in [1.807, 2.05) is 54.7 Å². The van der Waals surface area contributed by atoms with E-state index in [4.69, 9.17) is 11.6 Å². The molecule has 168 valence electrons. The molecule has 2 aromatic heterocycles. The fourth-order valence-electron chi connectivity index (χ4n) is 3.69. The van der Waals surface area contributed by atoms with Crippen LogP contribution in [0.3, 0.4) is 0 Å². The largest absolute Gasteiger partial charge is 0.342 e. The minimum absolute atomic E-state index is 0.120. The molecule has 2 heterocycles. The summed E-state index contributed by atoms with van der Waals surface area (Å²) in [6, 6.07) is 25.5. The molecule has 0 unspecified atom stereocenters. The van der Waals surface area contributed by atoms with Crippen LogP contribution in [0, 0.1) is 0 Å². The molecule has 0 aliphatic heterocycles. The van der Waals surface area contributed by atoms with E-state index in [9.17, 15) is 4.79 Å². The Bertz CT molecular complexity index is 1470. The molecular weight excluding hydrogens is 450 g/mol. The molecule has 0 aliphatic rings. The lowest BCUT2D eigenvalue weighted by Crippen LogP contribution is -2.24. The number of carbonyl (C=O) groups excluding carboxylic acids is 1. The van der Waals surface area contributed by atoms with Crippen molar-refractivity contribution < 1.29 is 4.79 Å². The van der Waals surface area contributed by atoms with Gasteiger partial charge in [0.1, 0.15) is 6.54 Å². The SMILES string of the molecule is O=C(Cn1nnc(-c2ccccc2Cl)n1)NN=Cc1cn(Cc2ccccc2)c2ccccc12. The molecule has 1 amide bonds. The number of carbonyl (C=O) groups is 1. The van der Waals surface area contributed by atoms with Crippen LogP contribution >= 0.6 is 11.6 Å². The zero-order valence-electron chi connectivity index (χ0n) is 18.0. The normalized spacial score (nSPS) is 11.3. The minimum atomic E-state index is -0.368. The number of benzene rings is 3.